The van der Waals surface area contributed by atoms with E-state index in [4.69, 9.17) is 10.5 Å². The van der Waals surface area contributed by atoms with Gasteiger partial charge in [0.15, 0.2) is 5.76 Å². The molecule has 0 atom stereocenters. The fourth-order valence-electron chi connectivity index (χ4n) is 0.737. The molecule has 0 aliphatic carbocycles. The molecule has 0 bridgehead atoms. The van der Waals surface area contributed by atoms with Gasteiger partial charge in [-0.1, -0.05) is 6.58 Å². The van der Waals surface area contributed by atoms with Crippen LogP contribution in [-0.2, 0) is 4.89 Å². The normalized spacial score (nSPS) is 9.08. The summed E-state index contributed by atoms with van der Waals surface area (Å²) in [6.07, 6.45) is 0. The van der Waals surface area contributed by atoms with Gasteiger partial charge in [0.2, 0.25) is 0 Å². The lowest BCUT2D eigenvalue weighted by Gasteiger charge is -1.95. The molecule has 0 radical (unpaired) electrons. The van der Waals surface area contributed by atoms with Crippen molar-refractivity contribution in [3.63, 3.8) is 0 Å². The van der Waals surface area contributed by atoms with Gasteiger partial charge in [0.05, 0.1) is 5.56 Å². The maximum absolute atomic E-state index is 8.67. The number of hydrogen-bond acceptors (Lipinski definition) is 5. The Labute approximate surface area is 73.4 Å². The Balaban J connectivity index is 3.18. The predicted octanol–water partition coefficient (Wildman–Crippen LogP) is 1.78. The van der Waals surface area contributed by atoms with Crippen LogP contribution in [0, 0.1) is 18.3 Å². The van der Waals surface area contributed by atoms with Crippen LogP contribution < -0.4 is 0 Å². The Morgan fingerprint density at radius 2 is 2.50 bits per heavy atom. The largest absolute Gasteiger partial charge is 0.338 e. The number of rotatable bonds is 2. The summed E-state index contributed by atoms with van der Waals surface area (Å²) in [6, 6.07) is 1.96. The van der Waals surface area contributed by atoms with Gasteiger partial charge in [0.25, 0.3) is 0 Å². The highest BCUT2D eigenvalue weighted by atomic mass is 32.1. The van der Waals surface area contributed by atoms with Crippen molar-refractivity contribution in [3.05, 3.63) is 22.7 Å². The van der Waals surface area contributed by atoms with Gasteiger partial charge in [-0.2, -0.15) is 9.64 Å². The molecule has 0 amide bonds. The van der Waals surface area contributed by atoms with Crippen molar-refractivity contribution in [3.8, 4) is 6.07 Å². The van der Waals surface area contributed by atoms with Crippen molar-refractivity contribution < 1.29 is 10.1 Å². The Bertz CT molecular complexity index is 351. The van der Waals surface area contributed by atoms with E-state index in [-0.39, 0.29) is 5.76 Å². The third kappa shape index (κ3) is 1.30. The van der Waals surface area contributed by atoms with Crippen LogP contribution in [0.15, 0.2) is 6.58 Å². The smallest absolute Gasteiger partial charge is 0.185 e. The topological polar surface area (TPSA) is 66.1 Å². The molecule has 0 aliphatic heterocycles. The fourth-order valence-corrected chi connectivity index (χ4v) is 1.39. The van der Waals surface area contributed by atoms with E-state index in [9.17, 15) is 0 Å². The van der Waals surface area contributed by atoms with Crippen molar-refractivity contribution in [1.29, 1.82) is 5.26 Å². The second-order valence-corrected chi connectivity index (χ2v) is 3.07. The summed E-state index contributed by atoms with van der Waals surface area (Å²) in [6.45, 7) is 5.15. The molecular weight excluding hydrogens is 176 g/mol. The highest BCUT2D eigenvalue weighted by Gasteiger charge is 2.13. The van der Waals surface area contributed by atoms with Crippen LogP contribution in [0.2, 0.25) is 0 Å². The molecule has 0 fully saturated rings. The molecular formula is C7H6N2O2S. The molecule has 1 rings (SSSR count). The standard InChI is InChI=1S/C7H6N2O2S/c1-4(11-10)7-6(3-8)5(2)12-9-7/h10H,1H2,2H3. The van der Waals surface area contributed by atoms with Gasteiger partial charge < -0.3 is 4.89 Å². The zero-order valence-electron chi connectivity index (χ0n) is 6.37. The first-order valence-electron chi connectivity index (χ1n) is 3.07. The highest BCUT2D eigenvalue weighted by Crippen LogP contribution is 2.22. The monoisotopic (exact) mass is 182 g/mol. The van der Waals surface area contributed by atoms with E-state index < -0.39 is 0 Å². The van der Waals surface area contributed by atoms with Gasteiger partial charge in [-0.15, -0.1) is 0 Å². The Morgan fingerprint density at radius 3 is 3.00 bits per heavy atom. The minimum absolute atomic E-state index is 0.00380. The maximum atomic E-state index is 8.67. The third-order valence-corrected chi connectivity index (χ3v) is 2.10. The summed E-state index contributed by atoms with van der Waals surface area (Å²) in [4.78, 5) is 4.67. The van der Waals surface area contributed by atoms with Gasteiger partial charge in [0.1, 0.15) is 11.8 Å². The molecule has 1 N–H and O–H groups in total. The number of aromatic nitrogens is 1. The van der Waals surface area contributed by atoms with Crippen molar-refractivity contribution in [2.75, 3.05) is 0 Å². The zero-order valence-corrected chi connectivity index (χ0v) is 7.18. The van der Waals surface area contributed by atoms with E-state index >= 15 is 0 Å². The number of hydrogen-bond donors (Lipinski definition) is 1. The summed E-state index contributed by atoms with van der Waals surface area (Å²) < 4.78 is 3.89. The molecule has 0 aromatic carbocycles. The van der Waals surface area contributed by atoms with Crippen LogP contribution in [0.25, 0.3) is 5.76 Å². The van der Waals surface area contributed by atoms with E-state index in [1.54, 1.807) is 6.92 Å². The lowest BCUT2D eigenvalue weighted by molar-refractivity contribution is -0.170. The minimum atomic E-state index is -0.00380. The third-order valence-electron chi connectivity index (χ3n) is 1.35. The average molecular weight is 182 g/mol. The SMILES string of the molecule is C=C(OO)c1nsc(C)c1C#N. The summed E-state index contributed by atoms with van der Waals surface area (Å²) in [5.74, 6) is -0.00380. The molecule has 4 nitrogen and oxygen atoms in total. The second kappa shape index (κ2) is 3.34. The molecule has 1 heterocycles. The second-order valence-electron chi connectivity index (χ2n) is 2.09. The molecule has 0 saturated carbocycles. The minimum Gasteiger partial charge on any atom is -0.338 e. The van der Waals surface area contributed by atoms with Gasteiger partial charge in [-0.25, -0.2) is 5.26 Å². The fraction of sp³-hybridized carbons (Fsp3) is 0.143. The molecule has 62 valence electrons. The van der Waals surface area contributed by atoms with E-state index in [0.717, 1.165) is 4.88 Å². The van der Waals surface area contributed by atoms with Crippen molar-refractivity contribution >= 4 is 17.3 Å². The van der Waals surface area contributed by atoms with E-state index in [0.29, 0.717) is 11.3 Å². The van der Waals surface area contributed by atoms with Crippen LogP contribution >= 0.6 is 11.5 Å². The van der Waals surface area contributed by atoms with Gasteiger partial charge in [0, 0.05) is 4.88 Å². The molecule has 1 aromatic heterocycles. The predicted molar refractivity (Wildman–Crippen MR) is 44.3 cm³/mol. The van der Waals surface area contributed by atoms with Gasteiger partial charge >= 0.3 is 0 Å². The summed E-state index contributed by atoms with van der Waals surface area (Å²) >= 11 is 1.17. The van der Waals surface area contributed by atoms with Crippen LogP contribution in [0.5, 0.6) is 0 Å². The van der Waals surface area contributed by atoms with E-state index in [1.807, 2.05) is 6.07 Å². The van der Waals surface area contributed by atoms with Crippen LogP contribution in [-0.4, -0.2) is 9.63 Å². The Hall–Kier alpha value is -1.38. The molecule has 0 saturated heterocycles. The van der Waals surface area contributed by atoms with Crippen molar-refractivity contribution in [1.82, 2.24) is 4.37 Å². The molecule has 5 heteroatoms. The number of nitrogens with zero attached hydrogens (tertiary/aromatic N) is 2. The van der Waals surface area contributed by atoms with Crippen LogP contribution in [0.4, 0.5) is 0 Å². The first kappa shape index (κ1) is 8.71. The molecule has 1 aromatic rings. The van der Waals surface area contributed by atoms with E-state index in [2.05, 4.69) is 15.8 Å². The van der Waals surface area contributed by atoms with Crippen molar-refractivity contribution in [2.45, 2.75) is 6.92 Å². The number of aryl methyl sites for hydroxylation is 1. The first-order valence-corrected chi connectivity index (χ1v) is 3.85. The first-order chi connectivity index (χ1) is 5.70. The molecule has 0 unspecified atom stereocenters. The summed E-state index contributed by atoms with van der Waals surface area (Å²) in [5.41, 5.74) is 0.710. The van der Waals surface area contributed by atoms with Crippen LogP contribution in [0.3, 0.4) is 0 Å². The van der Waals surface area contributed by atoms with Gasteiger partial charge in [-0.05, 0) is 18.5 Å². The highest BCUT2D eigenvalue weighted by molar-refractivity contribution is 7.06. The quantitative estimate of drug-likeness (QED) is 0.430. The molecule has 0 spiro atoms. The van der Waals surface area contributed by atoms with Crippen LogP contribution in [0.1, 0.15) is 16.1 Å². The number of nitriles is 1. The van der Waals surface area contributed by atoms with E-state index in [1.165, 1.54) is 11.5 Å². The lowest BCUT2D eigenvalue weighted by Crippen LogP contribution is -1.89. The lowest BCUT2D eigenvalue weighted by atomic mass is 10.2. The average Bonchev–Trinajstić information content (AvgIpc) is 2.45. The van der Waals surface area contributed by atoms with Crippen molar-refractivity contribution in [2.24, 2.45) is 0 Å². The molecule has 0 aliphatic rings. The molecule has 12 heavy (non-hydrogen) atoms. The summed E-state index contributed by atoms with van der Waals surface area (Å²) in [7, 11) is 0. The summed E-state index contributed by atoms with van der Waals surface area (Å²) in [5, 5.41) is 16.9. The van der Waals surface area contributed by atoms with Gasteiger partial charge in [-0.3, -0.25) is 0 Å². The Kier molecular flexibility index (Phi) is 2.43. The zero-order chi connectivity index (χ0) is 9.14. The Morgan fingerprint density at radius 1 is 1.83 bits per heavy atom. The maximum Gasteiger partial charge on any atom is 0.185 e.